The Morgan fingerprint density at radius 3 is 2.24 bits per heavy atom. The molecule has 0 radical (unpaired) electrons. The van der Waals surface area contributed by atoms with Gasteiger partial charge in [-0.25, -0.2) is 13.2 Å². The number of carbonyl (C=O) groups is 1. The Balaban J connectivity index is 2.43. The third-order valence-corrected chi connectivity index (χ3v) is 5.73. The van der Waals surface area contributed by atoms with Gasteiger partial charge in [0, 0.05) is 46.3 Å². The summed E-state index contributed by atoms with van der Waals surface area (Å²) in [6.45, 7) is 5.58. The lowest BCUT2D eigenvalue weighted by Gasteiger charge is -2.32. The third kappa shape index (κ3) is 7.88. The molecule has 1 aliphatic heterocycles. The number of amides is 1. The molecule has 13 heteroatoms. The Morgan fingerprint density at radius 1 is 1.24 bits per heavy atom. The maximum absolute atomic E-state index is 12.6. The third-order valence-electron chi connectivity index (χ3n) is 4.10. The second-order valence-electron chi connectivity index (χ2n) is 7.67. The van der Waals surface area contributed by atoms with Crippen LogP contribution in [0, 0.1) is 0 Å². The molecular weight excluding hydrogens is 415 g/mol. The van der Waals surface area contributed by atoms with Crippen molar-refractivity contribution in [3.8, 4) is 0 Å². The second-order valence-corrected chi connectivity index (χ2v) is 9.60. The fourth-order valence-electron chi connectivity index (χ4n) is 2.55. The van der Waals surface area contributed by atoms with E-state index in [4.69, 9.17) is 4.74 Å². The average Bonchev–Trinajstić information content (AvgIpc) is 2.58. The number of hydrogen-bond acceptors (Lipinski definition) is 5. The van der Waals surface area contributed by atoms with Crippen molar-refractivity contribution in [3.05, 3.63) is 0 Å². The lowest BCUT2D eigenvalue weighted by molar-refractivity contribution is -0.0494. The highest BCUT2D eigenvalue weighted by atomic mass is 32.2. The molecule has 0 aromatic rings. The van der Waals surface area contributed by atoms with Crippen molar-refractivity contribution >= 4 is 22.1 Å². The Kier molecular flexibility index (Phi) is 8.57. The van der Waals surface area contributed by atoms with E-state index in [0.29, 0.717) is 23.4 Å². The van der Waals surface area contributed by atoms with E-state index in [1.54, 1.807) is 27.8 Å². The number of sulfonamides is 1. The standard InChI is InChI=1S/C16H30F3N5O4S/c1-15(2,3)28-14(25)23(5)11-8-21-13(20-4)22-12-6-9-24(10-7-12)29(26,27)16(17,18)19/h12H,6-11H2,1-5H3,(H2,20,21,22). The summed E-state index contributed by atoms with van der Waals surface area (Å²) in [5.41, 5.74) is -5.88. The smallest absolute Gasteiger partial charge is 0.444 e. The summed E-state index contributed by atoms with van der Waals surface area (Å²) in [7, 11) is -2.15. The van der Waals surface area contributed by atoms with Crippen LogP contribution in [0.15, 0.2) is 4.99 Å². The number of rotatable bonds is 5. The van der Waals surface area contributed by atoms with E-state index < -0.39 is 27.2 Å². The zero-order chi connectivity index (χ0) is 22.5. The minimum Gasteiger partial charge on any atom is -0.444 e. The number of nitrogens with zero attached hydrogens (tertiary/aromatic N) is 3. The van der Waals surface area contributed by atoms with Crippen LogP contribution in [-0.4, -0.2) is 87.1 Å². The topological polar surface area (TPSA) is 103 Å². The number of alkyl halides is 3. The van der Waals surface area contributed by atoms with Gasteiger partial charge in [-0.2, -0.15) is 17.5 Å². The molecule has 0 atom stereocenters. The number of aliphatic imine (C=N–C) groups is 1. The van der Waals surface area contributed by atoms with Gasteiger partial charge in [-0.05, 0) is 33.6 Å². The van der Waals surface area contributed by atoms with Gasteiger partial charge in [0.25, 0.3) is 0 Å². The van der Waals surface area contributed by atoms with Crippen molar-refractivity contribution in [2.45, 2.75) is 50.8 Å². The van der Waals surface area contributed by atoms with Crippen LogP contribution in [0.1, 0.15) is 33.6 Å². The first-order chi connectivity index (χ1) is 13.2. The summed E-state index contributed by atoms with van der Waals surface area (Å²) in [4.78, 5) is 17.3. The van der Waals surface area contributed by atoms with E-state index in [0.717, 1.165) is 0 Å². The zero-order valence-corrected chi connectivity index (χ0v) is 18.2. The first-order valence-corrected chi connectivity index (χ1v) is 10.6. The van der Waals surface area contributed by atoms with Crippen LogP contribution in [0.2, 0.25) is 0 Å². The Bertz CT molecular complexity index is 684. The largest absolute Gasteiger partial charge is 0.511 e. The minimum atomic E-state index is -5.29. The molecule has 1 amide bonds. The predicted molar refractivity (Wildman–Crippen MR) is 103 cm³/mol. The monoisotopic (exact) mass is 445 g/mol. The van der Waals surface area contributed by atoms with Crippen molar-refractivity contribution in [2.75, 3.05) is 40.3 Å². The van der Waals surface area contributed by atoms with Gasteiger partial charge in [-0.15, -0.1) is 0 Å². The molecule has 0 aromatic carbocycles. The molecule has 1 fully saturated rings. The SMILES string of the molecule is CN=C(NCCN(C)C(=O)OC(C)(C)C)NC1CCN(S(=O)(=O)C(F)(F)F)CC1. The number of nitrogens with one attached hydrogen (secondary N) is 2. The summed E-state index contributed by atoms with van der Waals surface area (Å²) >= 11 is 0. The molecule has 0 unspecified atom stereocenters. The Hall–Kier alpha value is -1.76. The van der Waals surface area contributed by atoms with E-state index in [9.17, 15) is 26.4 Å². The lowest BCUT2D eigenvalue weighted by atomic mass is 10.1. The van der Waals surface area contributed by atoms with Crippen LogP contribution >= 0.6 is 0 Å². The number of likely N-dealkylation sites (N-methyl/N-ethyl adjacent to an activating group) is 1. The molecule has 1 saturated heterocycles. The summed E-state index contributed by atoms with van der Waals surface area (Å²) in [6.07, 6.45) is -0.0257. The van der Waals surface area contributed by atoms with Gasteiger partial charge in [0.2, 0.25) is 0 Å². The van der Waals surface area contributed by atoms with Crippen LogP contribution in [-0.2, 0) is 14.8 Å². The molecule has 0 aliphatic carbocycles. The fraction of sp³-hybridized carbons (Fsp3) is 0.875. The molecule has 1 heterocycles. The highest BCUT2D eigenvalue weighted by Gasteiger charge is 2.50. The van der Waals surface area contributed by atoms with Crippen LogP contribution in [0.3, 0.4) is 0 Å². The van der Waals surface area contributed by atoms with Gasteiger partial charge < -0.3 is 20.3 Å². The Morgan fingerprint density at radius 2 is 1.79 bits per heavy atom. The highest BCUT2D eigenvalue weighted by molar-refractivity contribution is 7.90. The molecule has 29 heavy (non-hydrogen) atoms. The van der Waals surface area contributed by atoms with Crippen molar-refractivity contribution in [2.24, 2.45) is 4.99 Å². The van der Waals surface area contributed by atoms with E-state index >= 15 is 0 Å². The molecular formula is C16H30F3N5O4S. The van der Waals surface area contributed by atoms with Crippen molar-refractivity contribution in [1.29, 1.82) is 0 Å². The first kappa shape index (κ1) is 25.3. The molecule has 1 aliphatic rings. The van der Waals surface area contributed by atoms with E-state index in [1.165, 1.54) is 11.9 Å². The minimum absolute atomic E-state index is 0.216. The van der Waals surface area contributed by atoms with E-state index in [-0.39, 0.29) is 32.0 Å². The van der Waals surface area contributed by atoms with E-state index in [1.807, 2.05) is 0 Å². The van der Waals surface area contributed by atoms with E-state index in [2.05, 4.69) is 15.6 Å². The maximum atomic E-state index is 12.6. The molecule has 0 aromatic heterocycles. The fourth-order valence-corrected chi connectivity index (χ4v) is 3.53. The molecule has 1 rings (SSSR count). The van der Waals surface area contributed by atoms with Gasteiger partial charge in [0.1, 0.15) is 5.60 Å². The molecule has 0 bridgehead atoms. The van der Waals surface area contributed by atoms with Gasteiger partial charge >= 0.3 is 21.6 Å². The number of hydrogen-bond donors (Lipinski definition) is 2. The summed E-state index contributed by atoms with van der Waals surface area (Å²) in [5, 5.41) is 6.07. The van der Waals surface area contributed by atoms with Crippen LogP contribution in [0.4, 0.5) is 18.0 Å². The molecule has 0 saturated carbocycles. The van der Waals surface area contributed by atoms with Crippen molar-refractivity contribution in [3.63, 3.8) is 0 Å². The van der Waals surface area contributed by atoms with Gasteiger partial charge in [-0.3, -0.25) is 4.99 Å². The Labute approximate surface area is 169 Å². The van der Waals surface area contributed by atoms with Crippen LogP contribution < -0.4 is 10.6 Å². The van der Waals surface area contributed by atoms with Crippen LogP contribution in [0.5, 0.6) is 0 Å². The number of guanidine groups is 1. The lowest BCUT2D eigenvalue weighted by Crippen LogP contribution is -2.52. The number of halogens is 3. The number of ether oxygens (including phenoxy) is 1. The summed E-state index contributed by atoms with van der Waals surface area (Å²) in [6, 6.07) is -0.218. The van der Waals surface area contributed by atoms with Gasteiger partial charge in [0.15, 0.2) is 5.96 Å². The first-order valence-electron chi connectivity index (χ1n) is 9.15. The maximum Gasteiger partial charge on any atom is 0.511 e. The van der Waals surface area contributed by atoms with Gasteiger partial charge in [0.05, 0.1) is 0 Å². The normalized spacial score (nSPS) is 17.7. The van der Waals surface area contributed by atoms with Crippen molar-refractivity contribution in [1.82, 2.24) is 19.8 Å². The number of piperidine rings is 1. The molecule has 170 valence electrons. The summed E-state index contributed by atoms with van der Waals surface area (Å²) < 4.78 is 66.4. The molecule has 0 spiro atoms. The van der Waals surface area contributed by atoms with Crippen molar-refractivity contribution < 1.29 is 31.1 Å². The van der Waals surface area contributed by atoms with Crippen LogP contribution in [0.25, 0.3) is 0 Å². The number of carbonyl (C=O) groups excluding carboxylic acids is 1. The summed E-state index contributed by atoms with van der Waals surface area (Å²) in [5.74, 6) is 0.416. The highest BCUT2D eigenvalue weighted by Crippen LogP contribution is 2.28. The zero-order valence-electron chi connectivity index (χ0n) is 17.3. The quantitative estimate of drug-likeness (QED) is 0.489. The predicted octanol–water partition coefficient (Wildman–Crippen LogP) is 1.33. The van der Waals surface area contributed by atoms with Gasteiger partial charge in [-0.1, -0.05) is 0 Å². The molecule has 2 N–H and O–H groups in total. The second kappa shape index (κ2) is 9.83. The molecule has 9 nitrogen and oxygen atoms in total. The average molecular weight is 446 g/mol.